The van der Waals surface area contributed by atoms with Crippen LogP contribution in [0.5, 0.6) is 0 Å². The quantitative estimate of drug-likeness (QED) is 0.334. The van der Waals surface area contributed by atoms with E-state index in [4.69, 9.17) is 0 Å². The van der Waals surface area contributed by atoms with Crippen molar-refractivity contribution in [3.63, 3.8) is 0 Å². The molecule has 1 aromatic heterocycles. The molecule has 138 valence electrons. The van der Waals surface area contributed by atoms with E-state index in [2.05, 4.69) is 37.6 Å². The Morgan fingerprint density at radius 1 is 1.20 bits per heavy atom. The standard InChI is InChI=1S/C16H20BrN3O2S2.HI/c1-11-8-12(4-6-14(11)24(3,21)22)9-19-16(18-2)20-10-13-5-7-15(17)23-13;/h4-8H,9-10H2,1-3H3,(H2,18,19,20);1H. The minimum atomic E-state index is -3.18. The van der Waals surface area contributed by atoms with Crippen molar-refractivity contribution >= 4 is 67.0 Å². The molecule has 0 radical (unpaired) electrons. The van der Waals surface area contributed by atoms with Crippen molar-refractivity contribution in [3.8, 4) is 0 Å². The Labute approximate surface area is 178 Å². The summed E-state index contributed by atoms with van der Waals surface area (Å²) in [5.74, 6) is 0.698. The van der Waals surface area contributed by atoms with Crippen LogP contribution in [-0.4, -0.2) is 27.7 Å². The number of thiophene rings is 1. The summed E-state index contributed by atoms with van der Waals surface area (Å²) in [6, 6.07) is 9.43. The Balaban J connectivity index is 0.00000312. The molecule has 0 atom stereocenters. The molecule has 0 unspecified atom stereocenters. The number of aryl methyl sites for hydroxylation is 1. The van der Waals surface area contributed by atoms with Crippen LogP contribution >= 0.6 is 51.2 Å². The first-order chi connectivity index (χ1) is 11.3. The van der Waals surface area contributed by atoms with Gasteiger partial charge in [-0.3, -0.25) is 4.99 Å². The van der Waals surface area contributed by atoms with Crippen LogP contribution < -0.4 is 10.6 Å². The topological polar surface area (TPSA) is 70.6 Å². The molecule has 25 heavy (non-hydrogen) atoms. The van der Waals surface area contributed by atoms with Crippen LogP contribution in [0.1, 0.15) is 16.0 Å². The maximum Gasteiger partial charge on any atom is 0.191 e. The second-order valence-electron chi connectivity index (χ2n) is 5.36. The number of hydrogen-bond donors (Lipinski definition) is 2. The van der Waals surface area contributed by atoms with Crippen LogP contribution in [0.15, 0.2) is 44.0 Å². The first kappa shape index (κ1) is 22.4. The Bertz CT molecular complexity index is 851. The van der Waals surface area contributed by atoms with Crippen LogP contribution in [0.2, 0.25) is 0 Å². The summed E-state index contributed by atoms with van der Waals surface area (Å²) >= 11 is 5.12. The van der Waals surface area contributed by atoms with Gasteiger partial charge in [-0.05, 0) is 52.2 Å². The fourth-order valence-corrected chi connectivity index (χ4v) is 4.64. The molecule has 0 aliphatic heterocycles. The molecule has 2 aromatic rings. The summed E-state index contributed by atoms with van der Waals surface area (Å²) in [5, 5.41) is 6.48. The minimum Gasteiger partial charge on any atom is -0.352 e. The highest BCUT2D eigenvalue weighted by molar-refractivity contribution is 14.0. The molecule has 0 saturated carbocycles. The molecule has 0 bridgehead atoms. The lowest BCUT2D eigenvalue weighted by atomic mass is 10.1. The zero-order valence-corrected chi connectivity index (χ0v) is 19.7. The van der Waals surface area contributed by atoms with Crippen molar-refractivity contribution < 1.29 is 8.42 Å². The number of nitrogens with one attached hydrogen (secondary N) is 2. The number of aliphatic imine (C=N–C) groups is 1. The summed E-state index contributed by atoms with van der Waals surface area (Å²) in [6.45, 7) is 3.07. The van der Waals surface area contributed by atoms with Crippen molar-refractivity contribution in [1.82, 2.24) is 10.6 Å². The van der Waals surface area contributed by atoms with E-state index in [0.29, 0.717) is 23.9 Å². The highest BCUT2D eigenvalue weighted by Gasteiger charge is 2.11. The summed E-state index contributed by atoms with van der Waals surface area (Å²) < 4.78 is 24.4. The van der Waals surface area contributed by atoms with Crippen LogP contribution in [0.25, 0.3) is 0 Å². The van der Waals surface area contributed by atoms with Crippen LogP contribution in [0.4, 0.5) is 0 Å². The molecule has 5 nitrogen and oxygen atoms in total. The number of benzene rings is 1. The molecule has 0 amide bonds. The lowest BCUT2D eigenvalue weighted by Crippen LogP contribution is -2.36. The Morgan fingerprint density at radius 2 is 1.88 bits per heavy atom. The SMILES string of the molecule is CN=C(NCc1ccc(S(C)(=O)=O)c(C)c1)NCc1ccc(Br)s1.I. The smallest absolute Gasteiger partial charge is 0.191 e. The summed E-state index contributed by atoms with van der Waals surface area (Å²) in [5.41, 5.74) is 1.75. The Morgan fingerprint density at radius 3 is 2.40 bits per heavy atom. The van der Waals surface area contributed by atoms with Crippen LogP contribution in [-0.2, 0) is 22.9 Å². The second-order valence-corrected chi connectivity index (χ2v) is 9.89. The molecule has 0 fully saturated rings. The van der Waals surface area contributed by atoms with Gasteiger partial charge in [0.2, 0.25) is 0 Å². The van der Waals surface area contributed by atoms with Gasteiger partial charge in [-0.25, -0.2) is 8.42 Å². The molecule has 0 aliphatic rings. The van der Waals surface area contributed by atoms with E-state index < -0.39 is 9.84 Å². The average Bonchev–Trinajstić information content (AvgIpc) is 2.92. The second kappa shape index (κ2) is 9.89. The molecular formula is C16H21BrIN3O2S2. The molecule has 9 heteroatoms. The van der Waals surface area contributed by atoms with E-state index in [1.807, 2.05) is 25.1 Å². The molecule has 0 aliphatic carbocycles. The van der Waals surface area contributed by atoms with E-state index in [1.165, 1.54) is 11.1 Å². The molecule has 0 spiro atoms. The van der Waals surface area contributed by atoms with Gasteiger partial charge in [-0.1, -0.05) is 12.1 Å². The Hall–Kier alpha value is -0.650. The van der Waals surface area contributed by atoms with Gasteiger partial charge in [-0.15, -0.1) is 35.3 Å². The fourth-order valence-electron chi connectivity index (χ4n) is 2.26. The van der Waals surface area contributed by atoms with Crippen molar-refractivity contribution in [1.29, 1.82) is 0 Å². The number of rotatable bonds is 5. The fraction of sp³-hybridized carbons (Fsp3) is 0.312. The highest BCUT2D eigenvalue weighted by atomic mass is 127. The number of nitrogens with zero attached hydrogens (tertiary/aromatic N) is 1. The van der Waals surface area contributed by atoms with E-state index in [0.717, 1.165) is 14.9 Å². The van der Waals surface area contributed by atoms with Crippen molar-refractivity contribution in [2.45, 2.75) is 24.9 Å². The first-order valence-electron chi connectivity index (χ1n) is 7.28. The third kappa shape index (κ3) is 6.87. The maximum atomic E-state index is 11.7. The maximum absolute atomic E-state index is 11.7. The normalized spacial score (nSPS) is 11.8. The number of sulfone groups is 1. The monoisotopic (exact) mass is 557 g/mol. The van der Waals surface area contributed by atoms with Gasteiger partial charge in [0.15, 0.2) is 15.8 Å². The summed E-state index contributed by atoms with van der Waals surface area (Å²) in [4.78, 5) is 5.77. The van der Waals surface area contributed by atoms with Crippen LogP contribution in [0.3, 0.4) is 0 Å². The summed E-state index contributed by atoms with van der Waals surface area (Å²) in [7, 11) is -1.46. The number of halogens is 2. The molecule has 0 saturated heterocycles. The largest absolute Gasteiger partial charge is 0.352 e. The zero-order valence-electron chi connectivity index (χ0n) is 14.2. The van der Waals surface area contributed by atoms with Crippen LogP contribution in [0, 0.1) is 6.92 Å². The van der Waals surface area contributed by atoms with Gasteiger partial charge in [0.25, 0.3) is 0 Å². The van der Waals surface area contributed by atoms with Gasteiger partial charge in [-0.2, -0.15) is 0 Å². The number of guanidine groups is 1. The zero-order chi connectivity index (χ0) is 17.7. The van der Waals surface area contributed by atoms with Crippen molar-refractivity contribution in [3.05, 3.63) is 50.1 Å². The minimum absolute atomic E-state index is 0. The molecule has 1 aromatic carbocycles. The lowest BCUT2D eigenvalue weighted by Gasteiger charge is -2.12. The van der Waals surface area contributed by atoms with E-state index >= 15 is 0 Å². The Kier molecular flexibility index (Phi) is 8.85. The van der Waals surface area contributed by atoms with Gasteiger partial charge in [0.05, 0.1) is 15.2 Å². The highest BCUT2D eigenvalue weighted by Crippen LogP contribution is 2.21. The van der Waals surface area contributed by atoms with E-state index in [1.54, 1.807) is 24.5 Å². The third-order valence-corrected chi connectivity index (χ3v) is 6.26. The number of hydrogen-bond acceptors (Lipinski definition) is 4. The molecule has 2 rings (SSSR count). The third-order valence-electron chi connectivity index (χ3n) is 3.38. The van der Waals surface area contributed by atoms with Crippen molar-refractivity contribution in [2.24, 2.45) is 4.99 Å². The van der Waals surface area contributed by atoms with E-state index in [9.17, 15) is 8.42 Å². The molecule has 2 N–H and O–H groups in total. The van der Waals surface area contributed by atoms with Gasteiger partial charge in [0, 0.05) is 24.7 Å². The average molecular weight is 558 g/mol. The molecular weight excluding hydrogens is 537 g/mol. The summed E-state index contributed by atoms with van der Waals surface area (Å²) in [6.07, 6.45) is 1.22. The molecule has 1 heterocycles. The predicted molar refractivity (Wildman–Crippen MR) is 119 cm³/mol. The predicted octanol–water partition coefficient (Wildman–Crippen LogP) is 3.71. The lowest BCUT2D eigenvalue weighted by molar-refractivity contribution is 0.601. The van der Waals surface area contributed by atoms with Gasteiger partial charge in [0.1, 0.15) is 0 Å². The van der Waals surface area contributed by atoms with Gasteiger partial charge < -0.3 is 10.6 Å². The first-order valence-corrected chi connectivity index (χ1v) is 10.8. The van der Waals surface area contributed by atoms with Crippen molar-refractivity contribution in [2.75, 3.05) is 13.3 Å². The van der Waals surface area contributed by atoms with E-state index in [-0.39, 0.29) is 24.0 Å². The van der Waals surface area contributed by atoms with Gasteiger partial charge >= 0.3 is 0 Å².